The van der Waals surface area contributed by atoms with E-state index in [1.165, 1.54) is 4.52 Å². The molecule has 0 atom stereocenters. The number of halogens is 1. The van der Waals surface area contributed by atoms with Crippen LogP contribution in [0.1, 0.15) is 25.6 Å². The Kier molecular flexibility index (Phi) is 2.14. The number of fused-ring (bicyclic) bond motifs is 1. The van der Waals surface area contributed by atoms with Gasteiger partial charge in [0.1, 0.15) is 5.82 Å². The Morgan fingerprint density at radius 2 is 2.29 bits per heavy atom. The summed E-state index contributed by atoms with van der Waals surface area (Å²) in [5, 5.41) is 3.88. The van der Waals surface area contributed by atoms with E-state index < -0.39 is 0 Å². The number of rotatable bonds is 1. The molecule has 5 nitrogen and oxygen atoms in total. The maximum atomic E-state index is 11.5. The molecular weight excluding hydrogens is 248 g/mol. The molecule has 0 saturated carbocycles. The minimum atomic E-state index is -0.260. The van der Waals surface area contributed by atoms with E-state index in [1.807, 2.05) is 13.8 Å². The van der Waals surface area contributed by atoms with Crippen molar-refractivity contribution < 1.29 is 0 Å². The van der Waals surface area contributed by atoms with Crippen LogP contribution in [0.2, 0.25) is 0 Å². The van der Waals surface area contributed by atoms with Crippen LogP contribution in [0.4, 0.5) is 0 Å². The van der Waals surface area contributed by atoms with Gasteiger partial charge < -0.3 is 0 Å². The summed E-state index contributed by atoms with van der Waals surface area (Å²) >= 11 is 3.29. The first-order valence-corrected chi connectivity index (χ1v) is 5.02. The Morgan fingerprint density at radius 1 is 1.57 bits per heavy atom. The first-order chi connectivity index (χ1) is 6.59. The summed E-state index contributed by atoms with van der Waals surface area (Å²) in [5.41, 5.74) is 0.293. The number of aromatic amines is 1. The Labute approximate surface area is 88.3 Å². The monoisotopic (exact) mass is 256 g/mol. The van der Waals surface area contributed by atoms with Crippen LogP contribution in [-0.2, 0) is 0 Å². The van der Waals surface area contributed by atoms with Gasteiger partial charge in [0, 0.05) is 5.92 Å². The molecule has 0 unspecified atom stereocenters. The van der Waals surface area contributed by atoms with Gasteiger partial charge in [-0.2, -0.15) is 9.61 Å². The topological polar surface area (TPSA) is 63.1 Å². The zero-order valence-corrected chi connectivity index (χ0v) is 9.37. The van der Waals surface area contributed by atoms with Crippen LogP contribution in [0.5, 0.6) is 0 Å². The molecule has 0 aliphatic heterocycles. The summed E-state index contributed by atoms with van der Waals surface area (Å²) in [6.45, 7) is 3.94. The molecule has 2 heterocycles. The van der Waals surface area contributed by atoms with Crippen LogP contribution in [0.3, 0.4) is 0 Å². The lowest BCUT2D eigenvalue weighted by atomic mass is 10.2. The van der Waals surface area contributed by atoms with Crippen molar-refractivity contribution in [1.82, 2.24) is 19.6 Å². The maximum Gasteiger partial charge on any atom is 0.349 e. The Morgan fingerprint density at radius 3 is 2.93 bits per heavy atom. The second-order valence-corrected chi connectivity index (χ2v) is 4.16. The van der Waals surface area contributed by atoms with Gasteiger partial charge in [0.05, 0.1) is 10.7 Å². The highest BCUT2D eigenvalue weighted by Crippen LogP contribution is 2.15. The first kappa shape index (κ1) is 9.39. The molecule has 0 spiro atoms. The van der Waals surface area contributed by atoms with Gasteiger partial charge in [-0.25, -0.2) is 9.78 Å². The summed E-state index contributed by atoms with van der Waals surface area (Å²) in [6, 6.07) is 0. The molecule has 74 valence electrons. The second-order valence-electron chi connectivity index (χ2n) is 3.31. The zero-order chi connectivity index (χ0) is 10.3. The molecule has 2 aromatic rings. The molecule has 0 fully saturated rings. The van der Waals surface area contributed by atoms with Crippen molar-refractivity contribution in [1.29, 1.82) is 0 Å². The highest BCUT2D eigenvalue weighted by atomic mass is 79.9. The third-order valence-electron chi connectivity index (χ3n) is 1.90. The van der Waals surface area contributed by atoms with E-state index >= 15 is 0 Å². The van der Waals surface area contributed by atoms with E-state index in [1.54, 1.807) is 6.20 Å². The number of nitrogens with zero attached hydrogens (tertiary/aromatic N) is 3. The van der Waals surface area contributed by atoms with Crippen molar-refractivity contribution in [3.8, 4) is 0 Å². The second kappa shape index (κ2) is 3.20. The smallest absolute Gasteiger partial charge is 0.294 e. The van der Waals surface area contributed by atoms with Gasteiger partial charge in [-0.05, 0) is 15.9 Å². The molecule has 1 N–H and O–H groups in total. The predicted octanol–water partition coefficient (Wildman–Crippen LogP) is 1.30. The Bertz CT molecular complexity index is 528. The molecule has 0 aromatic carbocycles. The molecule has 0 aliphatic carbocycles. The summed E-state index contributed by atoms with van der Waals surface area (Å²) in [5.74, 6) is 0.859. The Balaban J connectivity index is 2.82. The highest BCUT2D eigenvalue weighted by Gasteiger charge is 2.09. The molecule has 6 heteroatoms. The third-order valence-corrected chi connectivity index (χ3v) is 2.46. The number of aromatic nitrogens is 4. The number of hydrogen-bond donors (Lipinski definition) is 1. The van der Waals surface area contributed by atoms with Crippen molar-refractivity contribution in [2.45, 2.75) is 19.8 Å². The van der Waals surface area contributed by atoms with E-state index in [4.69, 9.17) is 0 Å². The molecule has 2 aromatic heterocycles. The zero-order valence-electron chi connectivity index (χ0n) is 7.78. The number of H-pyrrole nitrogens is 1. The molecular formula is C8H9BrN4O. The molecule has 0 bridgehead atoms. The highest BCUT2D eigenvalue weighted by molar-refractivity contribution is 9.10. The minimum Gasteiger partial charge on any atom is -0.294 e. The first-order valence-electron chi connectivity index (χ1n) is 4.23. The van der Waals surface area contributed by atoms with E-state index in [0.29, 0.717) is 11.5 Å². The van der Waals surface area contributed by atoms with Crippen molar-refractivity contribution in [2.24, 2.45) is 0 Å². The van der Waals surface area contributed by atoms with Gasteiger partial charge in [-0.15, -0.1) is 0 Å². The molecule has 0 aliphatic rings. The largest absolute Gasteiger partial charge is 0.349 e. The number of hydrogen-bond acceptors (Lipinski definition) is 3. The van der Waals surface area contributed by atoms with Crippen LogP contribution >= 0.6 is 15.9 Å². The van der Waals surface area contributed by atoms with Crippen LogP contribution in [0.25, 0.3) is 5.65 Å². The van der Waals surface area contributed by atoms with Crippen LogP contribution in [0, 0.1) is 0 Å². The normalized spacial score (nSPS) is 11.4. The molecule has 0 saturated heterocycles. The van der Waals surface area contributed by atoms with Crippen LogP contribution < -0.4 is 5.69 Å². The van der Waals surface area contributed by atoms with Gasteiger partial charge in [0.15, 0.2) is 5.65 Å². The van der Waals surface area contributed by atoms with Crippen molar-refractivity contribution in [3.05, 3.63) is 27.0 Å². The van der Waals surface area contributed by atoms with E-state index in [-0.39, 0.29) is 11.6 Å². The van der Waals surface area contributed by atoms with E-state index in [0.717, 1.165) is 4.47 Å². The van der Waals surface area contributed by atoms with Crippen molar-refractivity contribution in [3.63, 3.8) is 0 Å². The fourth-order valence-electron chi connectivity index (χ4n) is 1.15. The van der Waals surface area contributed by atoms with Crippen molar-refractivity contribution >= 4 is 21.6 Å². The van der Waals surface area contributed by atoms with Crippen LogP contribution in [-0.4, -0.2) is 19.6 Å². The third kappa shape index (κ3) is 1.35. The molecule has 0 radical (unpaired) electrons. The van der Waals surface area contributed by atoms with E-state index in [2.05, 4.69) is 31.0 Å². The average molecular weight is 257 g/mol. The summed E-state index contributed by atoms with van der Waals surface area (Å²) in [4.78, 5) is 18.5. The van der Waals surface area contributed by atoms with Gasteiger partial charge >= 0.3 is 5.69 Å². The number of nitrogens with one attached hydrogen (secondary N) is 1. The fraction of sp³-hybridized carbons (Fsp3) is 0.375. The van der Waals surface area contributed by atoms with Gasteiger partial charge in [-0.3, -0.25) is 4.98 Å². The standard InChI is InChI=1S/C8H9BrN4O/c1-4(2)6-11-7-5(9)3-10-13(7)8(14)12-6/h3-4H,1-2H3,(H,11,12,14). The minimum absolute atomic E-state index is 0.189. The lowest BCUT2D eigenvalue weighted by molar-refractivity contribution is 0.727. The molecule has 2 rings (SSSR count). The lowest BCUT2D eigenvalue weighted by Gasteiger charge is -2.03. The summed E-state index contributed by atoms with van der Waals surface area (Å²) in [6.07, 6.45) is 1.56. The SMILES string of the molecule is CC(C)c1nc2c(Br)cnn2c(=O)[nH]1. The molecule has 0 amide bonds. The Hall–Kier alpha value is -1.17. The predicted molar refractivity (Wildman–Crippen MR) is 55.4 cm³/mol. The summed E-state index contributed by atoms with van der Waals surface area (Å²) < 4.78 is 1.96. The van der Waals surface area contributed by atoms with Crippen LogP contribution in [0.15, 0.2) is 15.5 Å². The van der Waals surface area contributed by atoms with Gasteiger partial charge in [-0.1, -0.05) is 13.8 Å². The quantitative estimate of drug-likeness (QED) is 0.837. The average Bonchev–Trinajstić information content (AvgIpc) is 2.48. The van der Waals surface area contributed by atoms with Crippen molar-refractivity contribution in [2.75, 3.05) is 0 Å². The lowest BCUT2D eigenvalue weighted by Crippen LogP contribution is -2.21. The van der Waals surface area contributed by atoms with E-state index in [9.17, 15) is 4.79 Å². The molecule has 14 heavy (non-hydrogen) atoms. The van der Waals surface area contributed by atoms with Gasteiger partial charge in [0.25, 0.3) is 0 Å². The fourth-order valence-corrected chi connectivity index (χ4v) is 1.50. The van der Waals surface area contributed by atoms with Gasteiger partial charge in [0.2, 0.25) is 0 Å². The maximum absolute atomic E-state index is 11.5. The summed E-state index contributed by atoms with van der Waals surface area (Å²) in [7, 11) is 0.